The van der Waals surface area contributed by atoms with Crippen LogP contribution in [-0.4, -0.2) is 60.8 Å². The summed E-state index contributed by atoms with van der Waals surface area (Å²) in [4.78, 5) is 34.8. The average molecular weight is 499 g/mol. The van der Waals surface area contributed by atoms with E-state index in [9.17, 15) is 9.59 Å². The van der Waals surface area contributed by atoms with Gasteiger partial charge in [0.05, 0.1) is 10.2 Å². The quantitative estimate of drug-likeness (QED) is 0.374. The molecule has 0 atom stereocenters. The number of aromatic nitrogens is 1. The largest absolute Gasteiger partial charge is 0.351 e. The fraction of sp³-hybridized carbons (Fsp3) is 0.276. The molecule has 36 heavy (non-hydrogen) atoms. The predicted molar refractivity (Wildman–Crippen MR) is 146 cm³/mol. The summed E-state index contributed by atoms with van der Waals surface area (Å²) in [6, 6.07) is 20.4. The van der Waals surface area contributed by atoms with Crippen molar-refractivity contribution in [3.63, 3.8) is 0 Å². The number of hydrogen-bond acceptors (Lipinski definition) is 6. The first-order chi connectivity index (χ1) is 17.5. The van der Waals surface area contributed by atoms with Gasteiger partial charge in [-0.1, -0.05) is 59.9 Å². The van der Waals surface area contributed by atoms with Crippen molar-refractivity contribution in [3.05, 3.63) is 94.5 Å². The van der Waals surface area contributed by atoms with Crippen molar-refractivity contribution in [2.75, 3.05) is 44.2 Å². The first kappa shape index (κ1) is 24.2. The zero-order valence-corrected chi connectivity index (χ0v) is 21.5. The lowest BCUT2D eigenvalue weighted by atomic mass is 10.0. The summed E-state index contributed by atoms with van der Waals surface area (Å²) in [5, 5.41) is 4.11. The highest BCUT2D eigenvalue weighted by Gasteiger charge is 2.20. The van der Waals surface area contributed by atoms with Crippen molar-refractivity contribution in [1.82, 2.24) is 15.2 Å². The molecule has 2 heterocycles. The third-order valence-corrected chi connectivity index (χ3v) is 7.96. The minimum absolute atomic E-state index is 0.0437. The van der Waals surface area contributed by atoms with E-state index in [1.807, 2.05) is 18.2 Å². The molecule has 184 valence electrons. The first-order valence-corrected chi connectivity index (χ1v) is 13.1. The van der Waals surface area contributed by atoms with Crippen molar-refractivity contribution < 1.29 is 9.59 Å². The highest BCUT2D eigenvalue weighted by Crippen LogP contribution is 2.32. The van der Waals surface area contributed by atoms with E-state index in [1.54, 1.807) is 47.7 Å². The number of ketones is 1. The van der Waals surface area contributed by atoms with Gasteiger partial charge in [0, 0.05) is 56.0 Å². The fourth-order valence-electron chi connectivity index (χ4n) is 4.47. The number of thiazole rings is 1. The number of hydrogen-bond donors (Lipinski definition) is 1. The van der Waals surface area contributed by atoms with E-state index in [4.69, 9.17) is 4.98 Å². The lowest BCUT2D eigenvalue weighted by Gasteiger charge is -2.34. The van der Waals surface area contributed by atoms with Gasteiger partial charge in [0.2, 0.25) is 0 Å². The van der Waals surface area contributed by atoms with Crippen LogP contribution in [0.5, 0.6) is 0 Å². The summed E-state index contributed by atoms with van der Waals surface area (Å²) in [6.45, 7) is 9.43. The molecule has 4 aromatic rings. The van der Waals surface area contributed by atoms with Gasteiger partial charge in [-0.2, -0.15) is 0 Å². The van der Waals surface area contributed by atoms with Gasteiger partial charge in [-0.15, -0.1) is 0 Å². The third-order valence-electron chi connectivity index (χ3n) is 6.88. The molecule has 3 aromatic carbocycles. The molecule has 1 amide bonds. The van der Waals surface area contributed by atoms with Gasteiger partial charge < -0.3 is 10.2 Å². The maximum absolute atomic E-state index is 12.6. The SMILES string of the molecule is Cc1ccc2sc(N3CCN(CCNC(=O)c4ccc(C(=O)c5ccccc5)cc4)CC3)nc2c1C. The van der Waals surface area contributed by atoms with Gasteiger partial charge in [-0.25, -0.2) is 4.98 Å². The second kappa shape index (κ2) is 10.6. The van der Waals surface area contributed by atoms with E-state index in [-0.39, 0.29) is 11.7 Å². The average Bonchev–Trinajstić information content (AvgIpc) is 3.36. The van der Waals surface area contributed by atoms with Gasteiger partial charge in [-0.05, 0) is 43.2 Å². The Kier molecular flexibility index (Phi) is 7.11. The Balaban J connectivity index is 1.09. The van der Waals surface area contributed by atoms with Gasteiger partial charge in [0.1, 0.15) is 0 Å². The van der Waals surface area contributed by atoms with Crippen LogP contribution in [0.3, 0.4) is 0 Å². The fourth-order valence-corrected chi connectivity index (χ4v) is 5.55. The highest BCUT2D eigenvalue weighted by molar-refractivity contribution is 7.22. The molecule has 0 aliphatic carbocycles. The zero-order valence-electron chi connectivity index (χ0n) is 20.7. The second-order valence-corrected chi connectivity index (χ2v) is 10.2. The smallest absolute Gasteiger partial charge is 0.251 e. The molecule has 0 unspecified atom stereocenters. The molecular weight excluding hydrogens is 468 g/mol. The Hall–Kier alpha value is -3.55. The number of carbonyl (C=O) groups is 2. The summed E-state index contributed by atoms with van der Waals surface area (Å²) in [7, 11) is 0. The molecule has 0 bridgehead atoms. The minimum Gasteiger partial charge on any atom is -0.351 e. The number of anilines is 1. The zero-order chi connectivity index (χ0) is 25.1. The monoisotopic (exact) mass is 498 g/mol. The Bertz CT molecular complexity index is 1370. The number of nitrogens with one attached hydrogen (secondary N) is 1. The number of carbonyl (C=O) groups excluding carboxylic acids is 2. The summed E-state index contributed by atoms with van der Waals surface area (Å²) in [5.41, 5.74) is 5.45. The third kappa shape index (κ3) is 5.17. The molecule has 0 spiro atoms. The topological polar surface area (TPSA) is 65.5 Å². The lowest BCUT2D eigenvalue weighted by Crippen LogP contribution is -2.48. The predicted octanol–water partition coefficient (Wildman–Crippen LogP) is 4.70. The standard InChI is InChI=1S/C29H30N4O2S/c1-20-8-13-25-26(21(20)2)31-29(36-25)33-18-16-32(17-19-33)15-14-30-28(35)24-11-9-23(10-12-24)27(34)22-6-4-3-5-7-22/h3-13H,14-19H2,1-2H3,(H,30,35). The van der Waals surface area contributed by atoms with Crippen molar-refractivity contribution in [1.29, 1.82) is 0 Å². The summed E-state index contributed by atoms with van der Waals surface area (Å²) in [5.74, 6) is -0.162. The van der Waals surface area contributed by atoms with E-state index >= 15 is 0 Å². The van der Waals surface area contributed by atoms with Crippen LogP contribution in [0.1, 0.15) is 37.4 Å². The Morgan fingerprint density at radius 3 is 2.25 bits per heavy atom. The number of aryl methyl sites for hydroxylation is 2. The highest BCUT2D eigenvalue weighted by atomic mass is 32.1. The molecule has 0 radical (unpaired) electrons. The molecule has 1 aliphatic rings. The number of piperazine rings is 1. The molecule has 7 heteroatoms. The molecule has 1 N–H and O–H groups in total. The first-order valence-electron chi connectivity index (χ1n) is 12.3. The van der Waals surface area contributed by atoms with Crippen LogP contribution in [0.25, 0.3) is 10.2 Å². The molecule has 1 aromatic heterocycles. The van der Waals surface area contributed by atoms with Crippen LogP contribution in [0.15, 0.2) is 66.7 Å². The van der Waals surface area contributed by atoms with Gasteiger partial charge in [0.15, 0.2) is 10.9 Å². The molecule has 5 rings (SSSR count). The van der Waals surface area contributed by atoms with Crippen molar-refractivity contribution in [3.8, 4) is 0 Å². The molecule has 6 nitrogen and oxygen atoms in total. The van der Waals surface area contributed by atoms with E-state index in [1.165, 1.54) is 15.8 Å². The maximum Gasteiger partial charge on any atom is 0.251 e. The van der Waals surface area contributed by atoms with E-state index < -0.39 is 0 Å². The Labute approximate surface area is 215 Å². The summed E-state index contributed by atoms with van der Waals surface area (Å²) in [6.07, 6.45) is 0. The molecule has 1 fully saturated rings. The molecule has 1 aliphatic heterocycles. The van der Waals surface area contributed by atoms with Gasteiger partial charge in [0.25, 0.3) is 5.91 Å². The van der Waals surface area contributed by atoms with Crippen LogP contribution in [-0.2, 0) is 0 Å². The van der Waals surface area contributed by atoms with Crippen LogP contribution in [0, 0.1) is 13.8 Å². The Morgan fingerprint density at radius 2 is 1.53 bits per heavy atom. The van der Waals surface area contributed by atoms with Crippen LogP contribution < -0.4 is 10.2 Å². The number of nitrogens with zero attached hydrogens (tertiary/aromatic N) is 3. The molecule has 1 saturated heterocycles. The van der Waals surface area contributed by atoms with Gasteiger partial charge in [-0.3, -0.25) is 14.5 Å². The van der Waals surface area contributed by atoms with Crippen LogP contribution in [0.4, 0.5) is 5.13 Å². The van der Waals surface area contributed by atoms with E-state index in [2.05, 4.69) is 41.1 Å². The number of fused-ring (bicyclic) bond motifs is 1. The molecular formula is C29H30N4O2S. The minimum atomic E-state index is -0.118. The lowest BCUT2D eigenvalue weighted by molar-refractivity contribution is 0.0946. The van der Waals surface area contributed by atoms with Crippen LogP contribution >= 0.6 is 11.3 Å². The summed E-state index contributed by atoms with van der Waals surface area (Å²) < 4.78 is 1.25. The summed E-state index contributed by atoms with van der Waals surface area (Å²) >= 11 is 1.77. The van der Waals surface area contributed by atoms with Crippen molar-refractivity contribution in [2.45, 2.75) is 13.8 Å². The molecule has 0 saturated carbocycles. The number of rotatable bonds is 7. The second-order valence-electron chi connectivity index (χ2n) is 9.21. The normalized spacial score (nSPS) is 14.2. The van der Waals surface area contributed by atoms with Gasteiger partial charge >= 0.3 is 0 Å². The number of benzene rings is 3. The number of amides is 1. The maximum atomic E-state index is 12.6. The van der Waals surface area contributed by atoms with Crippen LogP contribution in [0.2, 0.25) is 0 Å². The van der Waals surface area contributed by atoms with Crippen molar-refractivity contribution >= 4 is 38.4 Å². The van der Waals surface area contributed by atoms with Crippen molar-refractivity contribution in [2.24, 2.45) is 0 Å². The van der Waals surface area contributed by atoms with E-state index in [0.717, 1.165) is 43.4 Å². The van der Waals surface area contributed by atoms with E-state index in [0.29, 0.717) is 23.2 Å². The Morgan fingerprint density at radius 1 is 0.861 bits per heavy atom.